The summed E-state index contributed by atoms with van der Waals surface area (Å²) in [5.41, 5.74) is 0.407. The topological polar surface area (TPSA) is 26.3 Å². The molecule has 1 rings (SSSR count). The third-order valence-corrected chi connectivity index (χ3v) is 3.00. The number of hydrogen-bond acceptors (Lipinski definition) is 2. The van der Waals surface area contributed by atoms with Crippen molar-refractivity contribution in [3.8, 4) is 0 Å². The summed E-state index contributed by atoms with van der Waals surface area (Å²) in [6.45, 7) is 10.2. The number of Topliss-reactive ketones (excluding diaryl/α,β-unsaturated/α-hetero) is 1. The molecule has 1 fully saturated rings. The lowest BCUT2D eigenvalue weighted by Gasteiger charge is -2.47. The molecule has 1 heterocycles. The summed E-state index contributed by atoms with van der Waals surface area (Å²) in [4.78, 5) is 11.9. The number of ether oxygens (including phenoxy) is 1. The molecule has 0 bridgehead atoms. The number of carbonyl (C=O) groups is 1. The van der Waals surface area contributed by atoms with Crippen molar-refractivity contribution in [3.05, 3.63) is 12.2 Å². The third kappa shape index (κ3) is 1.44. The van der Waals surface area contributed by atoms with E-state index in [1.54, 1.807) is 6.92 Å². The van der Waals surface area contributed by atoms with E-state index in [9.17, 15) is 4.79 Å². The number of hydrogen-bond donors (Lipinski definition) is 0. The standard InChI is InChI=1S/C11H18O2/c1-5-9-11(6-2,7-13-9)10(12)8(3)4/h9H,3,5-7H2,1-2,4H3. The molecule has 2 atom stereocenters. The largest absolute Gasteiger partial charge is 0.376 e. The molecule has 0 aromatic heterocycles. The van der Waals surface area contributed by atoms with Crippen LogP contribution in [0.1, 0.15) is 33.6 Å². The average Bonchev–Trinajstić information content (AvgIpc) is 2.05. The zero-order valence-electron chi connectivity index (χ0n) is 8.72. The fraction of sp³-hybridized carbons (Fsp3) is 0.727. The van der Waals surface area contributed by atoms with Crippen molar-refractivity contribution < 1.29 is 9.53 Å². The molecule has 74 valence electrons. The highest BCUT2D eigenvalue weighted by molar-refractivity contribution is 6.00. The first-order chi connectivity index (χ1) is 6.08. The first-order valence-corrected chi connectivity index (χ1v) is 4.90. The van der Waals surface area contributed by atoms with E-state index in [1.807, 2.05) is 6.92 Å². The lowest BCUT2D eigenvalue weighted by atomic mass is 9.70. The highest BCUT2D eigenvalue weighted by Crippen LogP contribution is 2.42. The Kier molecular flexibility index (Phi) is 2.91. The van der Waals surface area contributed by atoms with Gasteiger partial charge in [0.05, 0.1) is 18.1 Å². The summed E-state index contributed by atoms with van der Waals surface area (Å²) in [5, 5.41) is 0. The van der Waals surface area contributed by atoms with Gasteiger partial charge in [-0.15, -0.1) is 0 Å². The van der Waals surface area contributed by atoms with Gasteiger partial charge in [-0.3, -0.25) is 4.79 Å². The van der Waals surface area contributed by atoms with E-state index in [4.69, 9.17) is 4.74 Å². The second-order valence-corrected chi connectivity index (χ2v) is 3.83. The second kappa shape index (κ2) is 3.62. The monoisotopic (exact) mass is 182 g/mol. The van der Waals surface area contributed by atoms with Gasteiger partial charge in [-0.1, -0.05) is 20.4 Å². The van der Waals surface area contributed by atoms with Gasteiger partial charge in [0.2, 0.25) is 0 Å². The van der Waals surface area contributed by atoms with E-state index in [0.717, 1.165) is 12.8 Å². The molecule has 2 heteroatoms. The first kappa shape index (κ1) is 10.5. The molecule has 2 unspecified atom stereocenters. The van der Waals surface area contributed by atoms with Crippen LogP contribution in [0.25, 0.3) is 0 Å². The number of allylic oxidation sites excluding steroid dienone is 1. The molecule has 0 N–H and O–H groups in total. The Morgan fingerprint density at radius 2 is 2.23 bits per heavy atom. The zero-order chi connectivity index (χ0) is 10.1. The van der Waals surface area contributed by atoms with E-state index in [1.165, 1.54) is 0 Å². The maximum absolute atomic E-state index is 11.9. The van der Waals surface area contributed by atoms with Gasteiger partial charge in [0.15, 0.2) is 5.78 Å². The molecule has 0 amide bonds. The first-order valence-electron chi connectivity index (χ1n) is 4.90. The van der Waals surface area contributed by atoms with Crippen molar-refractivity contribution in [3.63, 3.8) is 0 Å². The molecule has 0 aromatic carbocycles. The van der Waals surface area contributed by atoms with Gasteiger partial charge in [-0.2, -0.15) is 0 Å². The molecule has 1 aliphatic heterocycles. The second-order valence-electron chi connectivity index (χ2n) is 3.83. The predicted octanol–water partition coefficient (Wildman–Crippen LogP) is 2.34. The van der Waals surface area contributed by atoms with Crippen LogP contribution in [-0.4, -0.2) is 18.5 Å². The maximum atomic E-state index is 11.9. The van der Waals surface area contributed by atoms with Gasteiger partial charge < -0.3 is 4.74 Å². The van der Waals surface area contributed by atoms with Crippen molar-refractivity contribution in [1.29, 1.82) is 0 Å². The summed E-state index contributed by atoms with van der Waals surface area (Å²) < 4.78 is 5.40. The summed E-state index contributed by atoms with van der Waals surface area (Å²) in [7, 11) is 0. The van der Waals surface area contributed by atoms with E-state index < -0.39 is 0 Å². The van der Waals surface area contributed by atoms with E-state index in [0.29, 0.717) is 12.2 Å². The van der Waals surface area contributed by atoms with Crippen LogP contribution in [0.2, 0.25) is 0 Å². The summed E-state index contributed by atoms with van der Waals surface area (Å²) in [6, 6.07) is 0. The van der Waals surface area contributed by atoms with Crippen LogP contribution in [0.3, 0.4) is 0 Å². The van der Waals surface area contributed by atoms with Crippen LogP contribution in [-0.2, 0) is 9.53 Å². The SMILES string of the molecule is C=C(C)C(=O)C1(CC)COC1CC. The van der Waals surface area contributed by atoms with E-state index >= 15 is 0 Å². The Labute approximate surface area is 80.0 Å². The lowest BCUT2D eigenvalue weighted by molar-refractivity contribution is -0.192. The Bertz CT molecular complexity index is 226. The van der Waals surface area contributed by atoms with Crippen LogP contribution in [0.4, 0.5) is 0 Å². The zero-order valence-corrected chi connectivity index (χ0v) is 8.72. The molecule has 13 heavy (non-hydrogen) atoms. The van der Waals surface area contributed by atoms with Crippen molar-refractivity contribution in [1.82, 2.24) is 0 Å². The fourth-order valence-electron chi connectivity index (χ4n) is 2.04. The Balaban J connectivity index is 2.82. The Morgan fingerprint density at radius 1 is 1.62 bits per heavy atom. The number of rotatable bonds is 4. The van der Waals surface area contributed by atoms with Crippen LogP contribution in [0.15, 0.2) is 12.2 Å². The van der Waals surface area contributed by atoms with Gasteiger partial charge in [-0.25, -0.2) is 0 Å². The van der Waals surface area contributed by atoms with Gasteiger partial charge in [-0.05, 0) is 25.3 Å². The molecule has 2 nitrogen and oxygen atoms in total. The summed E-state index contributed by atoms with van der Waals surface area (Å²) >= 11 is 0. The Hall–Kier alpha value is -0.630. The average molecular weight is 182 g/mol. The minimum atomic E-state index is -0.249. The maximum Gasteiger partial charge on any atom is 0.169 e. The van der Waals surface area contributed by atoms with E-state index in [2.05, 4.69) is 13.5 Å². The summed E-state index contributed by atoms with van der Waals surface area (Å²) in [5.74, 6) is 0.188. The predicted molar refractivity (Wildman–Crippen MR) is 52.6 cm³/mol. The highest BCUT2D eigenvalue weighted by Gasteiger charge is 2.51. The molecule has 0 aromatic rings. The number of ketones is 1. The molecule has 1 saturated heterocycles. The van der Waals surface area contributed by atoms with E-state index in [-0.39, 0.29) is 17.3 Å². The van der Waals surface area contributed by atoms with Crippen LogP contribution < -0.4 is 0 Å². The Morgan fingerprint density at radius 3 is 2.46 bits per heavy atom. The minimum Gasteiger partial charge on any atom is -0.376 e. The van der Waals surface area contributed by atoms with Crippen LogP contribution in [0.5, 0.6) is 0 Å². The minimum absolute atomic E-state index is 0.113. The van der Waals surface area contributed by atoms with Crippen LogP contribution in [0, 0.1) is 5.41 Å². The third-order valence-electron chi connectivity index (χ3n) is 3.00. The van der Waals surface area contributed by atoms with Crippen LogP contribution >= 0.6 is 0 Å². The van der Waals surface area contributed by atoms with Gasteiger partial charge in [0, 0.05) is 0 Å². The molecule has 0 radical (unpaired) electrons. The highest BCUT2D eigenvalue weighted by atomic mass is 16.5. The van der Waals surface area contributed by atoms with Crippen molar-refractivity contribution in [2.75, 3.05) is 6.61 Å². The molecule has 0 saturated carbocycles. The smallest absolute Gasteiger partial charge is 0.169 e. The van der Waals surface area contributed by atoms with Crippen molar-refractivity contribution >= 4 is 5.78 Å². The number of carbonyl (C=O) groups excluding carboxylic acids is 1. The van der Waals surface area contributed by atoms with Gasteiger partial charge in [0.25, 0.3) is 0 Å². The fourth-order valence-corrected chi connectivity index (χ4v) is 2.04. The molecule has 1 aliphatic rings. The van der Waals surface area contributed by atoms with Gasteiger partial charge in [0.1, 0.15) is 0 Å². The summed E-state index contributed by atoms with van der Waals surface area (Å²) in [6.07, 6.45) is 1.88. The normalized spacial score (nSPS) is 32.4. The lowest BCUT2D eigenvalue weighted by Crippen LogP contribution is -2.56. The molecule has 0 spiro atoms. The van der Waals surface area contributed by atoms with Gasteiger partial charge >= 0.3 is 0 Å². The molecule has 0 aliphatic carbocycles. The quantitative estimate of drug-likeness (QED) is 0.624. The van der Waals surface area contributed by atoms with Crippen molar-refractivity contribution in [2.24, 2.45) is 5.41 Å². The molecular weight excluding hydrogens is 164 g/mol. The van der Waals surface area contributed by atoms with Crippen molar-refractivity contribution in [2.45, 2.75) is 39.7 Å². The molecular formula is C11H18O2.